The highest BCUT2D eigenvalue weighted by Crippen LogP contribution is 2.53. The first kappa shape index (κ1) is 12.7. The smallest absolute Gasteiger partial charge is 0.123 e. The zero-order valence-electron chi connectivity index (χ0n) is 10.7. The molecule has 1 aliphatic rings. The van der Waals surface area contributed by atoms with Crippen molar-refractivity contribution in [2.75, 3.05) is 7.11 Å². The third-order valence-corrected chi connectivity index (χ3v) is 4.16. The van der Waals surface area contributed by atoms with Gasteiger partial charge in [-0.05, 0) is 49.4 Å². The minimum Gasteiger partial charge on any atom is -0.496 e. The summed E-state index contributed by atoms with van der Waals surface area (Å²) >= 11 is 6.18. The Bertz CT molecular complexity index is 424. The summed E-state index contributed by atoms with van der Waals surface area (Å²) in [6, 6.07) is 4.12. The normalized spacial score (nSPS) is 18.9. The molecule has 0 spiro atoms. The molecule has 1 atom stereocenters. The number of halogens is 1. The molecular weight excluding hydrogens is 234 g/mol. The van der Waals surface area contributed by atoms with Crippen molar-refractivity contribution in [3.63, 3.8) is 0 Å². The van der Waals surface area contributed by atoms with Gasteiger partial charge >= 0.3 is 0 Å². The summed E-state index contributed by atoms with van der Waals surface area (Å²) < 4.78 is 5.44. The molecule has 0 aromatic heterocycles. The van der Waals surface area contributed by atoms with Crippen molar-refractivity contribution in [3.8, 4) is 5.75 Å². The summed E-state index contributed by atoms with van der Waals surface area (Å²) in [4.78, 5) is 0. The van der Waals surface area contributed by atoms with Crippen LogP contribution in [0.2, 0.25) is 5.02 Å². The summed E-state index contributed by atoms with van der Waals surface area (Å²) in [6.07, 6.45) is 3.26. The monoisotopic (exact) mass is 253 g/mol. The van der Waals surface area contributed by atoms with Crippen LogP contribution in [-0.4, -0.2) is 13.2 Å². The van der Waals surface area contributed by atoms with Crippen LogP contribution in [0.15, 0.2) is 12.1 Å². The zero-order chi connectivity index (χ0) is 12.6. The molecule has 94 valence electrons. The van der Waals surface area contributed by atoms with Crippen molar-refractivity contribution >= 4 is 11.6 Å². The highest BCUT2D eigenvalue weighted by atomic mass is 35.5. The highest BCUT2D eigenvalue weighted by molar-refractivity contribution is 6.30. The van der Waals surface area contributed by atoms with E-state index in [1.54, 1.807) is 7.11 Å². The number of ether oxygens (including phenoxy) is 1. The lowest BCUT2D eigenvalue weighted by atomic mass is 9.85. The first-order valence-electron chi connectivity index (χ1n) is 6.17. The Labute approximate surface area is 108 Å². The Morgan fingerprint density at radius 1 is 1.47 bits per heavy atom. The van der Waals surface area contributed by atoms with Crippen molar-refractivity contribution in [3.05, 3.63) is 28.3 Å². The van der Waals surface area contributed by atoms with Gasteiger partial charge in [0.1, 0.15) is 5.75 Å². The Balaban J connectivity index is 2.56. The molecule has 0 aliphatic heterocycles. The Morgan fingerprint density at radius 3 is 2.53 bits per heavy atom. The minimum absolute atomic E-state index is 0.128. The number of hydrogen-bond acceptors (Lipinski definition) is 2. The second-order valence-electron chi connectivity index (χ2n) is 4.93. The quantitative estimate of drug-likeness (QED) is 0.894. The lowest BCUT2D eigenvalue weighted by Gasteiger charge is -2.24. The van der Waals surface area contributed by atoms with Gasteiger partial charge in [-0.25, -0.2) is 0 Å². The summed E-state index contributed by atoms with van der Waals surface area (Å²) in [6.45, 7) is 4.23. The number of methoxy groups -OCH3 is 1. The molecule has 0 heterocycles. The van der Waals surface area contributed by atoms with Crippen LogP contribution in [-0.2, 0) is 11.8 Å². The molecular formula is C14H20ClNO. The van der Waals surface area contributed by atoms with Crippen molar-refractivity contribution in [2.45, 2.75) is 44.6 Å². The van der Waals surface area contributed by atoms with E-state index in [9.17, 15) is 0 Å². The topological polar surface area (TPSA) is 35.2 Å². The van der Waals surface area contributed by atoms with E-state index in [4.69, 9.17) is 22.1 Å². The number of nitrogens with two attached hydrogens (primary N) is 1. The van der Waals surface area contributed by atoms with Gasteiger partial charge in [0.05, 0.1) is 7.11 Å². The molecule has 0 bridgehead atoms. The van der Waals surface area contributed by atoms with Gasteiger partial charge in [-0.15, -0.1) is 0 Å². The molecule has 2 N–H and O–H groups in total. The van der Waals surface area contributed by atoms with E-state index < -0.39 is 0 Å². The third kappa shape index (κ3) is 2.04. The fourth-order valence-corrected chi connectivity index (χ4v) is 2.92. The third-order valence-electron chi connectivity index (χ3n) is 3.94. The van der Waals surface area contributed by atoms with E-state index >= 15 is 0 Å². The summed E-state index contributed by atoms with van der Waals surface area (Å²) in [5, 5.41) is 0.737. The molecule has 1 aromatic rings. The van der Waals surface area contributed by atoms with Gasteiger partial charge in [0.2, 0.25) is 0 Å². The standard InChI is InChI=1S/C14H20ClNO/c1-4-11-12(14(5-6-14)9(2)16)7-10(15)8-13(11)17-3/h7-9H,4-6,16H2,1-3H3. The van der Waals surface area contributed by atoms with E-state index in [-0.39, 0.29) is 11.5 Å². The zero-order valence-corrected chi connectivity index (χ0v) is 11.5. The van der Waals surface area contributed by atoms with Crippen molar-refractivity contribution < 1.29 is 4.74 Å². The van der Waals surface area contributed by atoms with Crippen LogP contribution in [0.1, 0.15) is 37.8 Å². The largest absolute Gasteiger partial charge is 0.496 e. The van der Waals surface area contributed by atoms with Crippen LogP contribution in [0.25, 0.3) is 0 Å². The van der Waals surface area contributed by atoms with Crippen LogP contribution in [0.4, 0.5) is 0 Å². The molecule has 2 nitrogen and oxygen atoms in total. The molecule has 1 aromatic carbocycles. The van der Waals surface area contributed by atoms with Crippen molar-refractivity contribution in [1.82, 2.24) is 0 Å². The maximum atomic E-state index is 6.18. The molecule has 2 rings (SSSR count). The molecule has 1 fully saturated rings. The van der Waals surface area contributed by atoms with Gasteiger partial charge in [0.15, 0.2) is 0 Å². The SMILES string of the molecule is CCc1c(OC)cc(Cl)cc1C1(C(C)N)CC1. The number of hydrogen-bond donors (Lipinski definition) is 1. The van der Waals surface area contributed by atoms with E-state index in [0.717, 1.165) is 30.0 Å². The summed E-state index contributed by atoms with van der Waals surface area (Å²) in [5.74, 6) is 0.891. The second kappa shape index (κ2) is 4.51. The van der Waals surface area contributed by atoms with Crippen LogP contribution < -0.4 is 10.5 Å². The second-order valence-corrected chi connectivity index (χ2v) is 5.37. The lowest BCUT2D eigenvalue weighted by Crippen LogP contribution is -2.32. The molecule has 1 unspecified atom stereocenters. The van der Waals surface area contributed by atoms with Gasteiger partial charge < -0.3 is 10.5 Å². The van der Waals surface area contributed by atoms with Crippen LogP contribution in [0.3, 0.4) is 0 Å². The van der Waals surface area contributed by atoms with Crippen molar-refractivity contribution in [1.29, 1.82) is 0 Å². The molecule has 17 heavy (non-hydrogen) atoms. The molecule has 0 saturated heterocycles. The first-order chi connectivity index (χ1) is 8.05. The maximum Gasteiger partial charge on any atom is 0.123 e. The van der Waals surface area contributed by atoms with E-state index in [1.807, 2.05) is 6.07 Å². The van der Waals surface area contributed by atoms with Crippen LogP contribution in [0.5, 0.6) is 5.75 Å². The average molecular weight is 254 g/mol. The molecule has 1 aliphatic carbocycles. The highest BCUT2D eigenvalue weighted by Gasteiger charge is 2.48. The Kier molecular flexibility index (Phi) is 3.37. The predicted molar refractivity (Wildman–Crippen MR) is 71.9 cm³/mol. The van der Waals surface area contributed by atoms with E-state index in [1.165, 1.54) is 11.1 Å². The first-order valence-corrected chi connectivity index (χ1v) is 6.55. The van der Waals surface area contributed by atoms with E-state index in [0.29, 0.717) is 0 Å². The molecule has 3 heteroatoms. The summed E-state index contributed by atoms with van der Waals surface area (Å²) in [5.41, 5.74) is 8.82. The number of benzene rings is 1. The van der Waals surface area contributed by atoms with Gasteiger partial charge in [-0.1, -0.05) is 18.5 Å². The minimum atomic E-state index is 0.128. The molecule has 0 radical (unpaired) electrons. The van der Waals surface area contributed by atoms with Crippen LogP contribution in [0, 0.1) is 0 Å². The fraction of sp³-hybridized carbons (Fsp3) is 0.571. The summed E-state index contributed by atoms with van der Waals surface area (Å²) in [7, 11) is 1.69. The Morgan fingerprint density at radius 2 is 2.12 bits per heavy atom. The lowest BCUT2D eigenvalue weighted by molar-refractivity contribution is 0.407. The van der Waals surface area contributed by atoms with Gasteiger partial charge in [-0.2, -0.15) is 0 Å². The van der Waals surface area contributed by atoms with Crippen LogP contribution >= 0.6 is 11.6 Å². The fourth-order valence-electron chi connectivity index (χ4n) is 2.71. The average Bonchev–Trinajstić information content (AvgIpc) is 3.08. The molecule has 0 amide bonds. The van der Waals surface area contributed by atoms with Gasteiger partial charge in [-0.3, -0.25) is 0 Å². The molecule has 1 saturated carbocycles. The maximum absolute atomic E-state index is 6.18. The number of rotatable bonds is 4. The van der Waals surface area contributed by atoms with E-state index in [2.05, 4.69) is 19.9 Å². The van der Waals surface area contributed by atoms with Gasteiger partial charge in [0, 0.05) is 16.5 Å². The van der Waals surface area contributed by atoms with Crippen molar-refractivity contribution in [2.24, 2.45) is 5.73 Å². The van der Waals surface area contributed by atoms with Gasteiger partial charge in [0.25, 0.3) is 0 Å². The Hall–Kier alpha value is -0.730. The predicted octanol–water partition coefficient (Wildman–Crippen LogP) is 3.29.